The molecule has 2 rings (SSSR count). The van der Waals surface area contributed by atoms with Gasteiger partial charge in [0.1, 0.15) is 0 Å². The molecule has 1 aromatic carbocycles. The molecule has 0 aromatic heterocycles. The number of aryl methyl sites for hydroxylation is 1. The highest BCUT2D eigenvalue weighted by atomic mass is 16.5. The Hall–Kier alpha value is -1.55. The number of hydrogen-bond donors (Lipinski definition) is 2. The molecule has 0 radical (unpaired) electrons. The van der Waals surface area contributed by atoms with Gasteiger partial charge in [-0.25, -0.2) is 4.79 Å². The third-order valence-electron chi connectivity index (χ3n) is 2.62. The molecule has 0 fully saturated rings. The fourth-order valence-electron chi connectivity index (χ4n) is 1.94. The van der Waals surface area contributed by atoms with Crippen molar-refractivity contribution >= 4 is 6.03 Å². The van der Waals surface area contributed by atoms with E-state index < -0.39 is 6.03 Å². The third-order valence-corrected chi connectivity index (χ3v) is 2.62. The Labute approximate surface area is 81.9 Å². The van der Waals surface area contributed by atoms with Gasteiger partial charge in [0, 0.05) is 0 Å². The number of hydroxylamine groups is 2. The summed E-state index contributed by atoms with van der Waals surface area (Å²) < 4.78 is 0. The van der Waals surface area contributed by atoms with Crippen LogP contribution in [0.4, 0.5) is 4.79 Å². The minimum absolute atomic E-state index is 0.274. The van der Waals surface area contributed by atoms with Crippen LogP contribution in [0.5, 0.6) is 0 Å². The molecule has 4 nitrogen and oxygen atoms in total. The summed E-state index contributed by atoms with van der Waals surface area (Å²) in [6, 6.07) is 6.69. The molecule has 1 aromatic rings. The van der Waals surface area contributed by atoms with Gasteiger partial charge in [0.05, 0.1) is 6.04 Å². The van der Waals surface area contributed by atoms with Gasteiger partial charge in [-0.3, -0.25) is 5.21 Å². The molecule has 0 saturated carbocycles. The topological polar surface area (TPSA) is 66.6 Å². The Morgan fingerprint density at radius 1 is 1.50 bits per heavy atom. The minimum Gasteiger partial charge on any atom is -0.350 e. The van der Waals surface area contributed by atoms with Crippen molar-refractivity contribution in [1.82, 2.24) is 5.06 Å². The fourth-order valence-corrected chi connectivity index (χ4v) is 1.94. The number of nitrogens with two attached hydrogens (primary N) is 1. The lowest BCUT2D eigenvalue weighted by Crippen LogP contribution is -2.35. The first-order chi connectivity index (χ1) is 6.70. The van der Waals surface area contributed by atoms with Crippen LogP contribution in [0.3, 0.4) is 0 Å². The quantitative estimate of drug-likeness (QED) is 0.522. The van der Waals surface area contributed by atoms with Crippen LogP contribution >= 0.6 is 0 Å². The first kappa shape index (κ1) is 9.02. The monoisotopic (exact) mass is 192 g/mol. The molecule has 0 heterocycles. The molecule has 1 unspecified atom stereocenters. The maximum Gasteiger partial charge on any atom is 0.339 e. The van der Waals surface area contributed by atoms with Crippen molar-refractivity contribution < 1.29 is 10.0 Å². The van der Waals surface area contributed by atoms with Crippen molar-refractivity contribution in [1.29, 1.82) is 0 Å². The van der Waals surface area contributed by atoms with Crippen molar-refractivity contribution in [2.24, 2.45) is 5.73 Å². The number of rotatable bonds is 1. The van der Waals surface area contributed by atoms with Crippen LogP contribution in [-0.4, -0.2) is 16.3 Å². The number of urea groups is 1. The van der Waals surface area contributed by atoms with E-state index in [0.717, 1.165) is 18.4 Å². The lowest BCUT2D eigenvalue weighted by molar-refractivity contribution is -0.0757. The van der Waals surface area contributed by atoms with Crippen molar-refractivity contribution in [2.75, 3.05) is 0 Å². The molecule has 0 aliphatic heterocycles. The standard InChI is InChI=1S/C10H12N2O2/c11-10(13)12(14)9-6-5-7-3-1-2-4-8(7)9/h1-4,9,14H,5-6H2,(H2,11,13). The van der Waals surface area contributed by atoms with Crippen LogP contribution in [0.1, 0.15) is 23.6 Å². The summed E-state index contributed by atoms with van der Waals surface area (Å²) >= 11 is 0. The zero-order chi connectivity index (χ0) is 10.1. The normalized spacial score (nSPS) is 19.1. The van der Waals surface area contributed by atoms with Crippen molar-refractivity contribution in [3.05, 3.63) is 35.4 Å². The highest BCUT2D eigenvalue weighted by molar-refractivity contribution is 5.71. The van der Waals surface area contributed by atoms with E-state index in [4.69, 9.17) is 5.73 Å². The van der Waals surface area contributed by atoms with Crippen LogP contribution in [0.15, 0.2) is 24.3 Å². The third kappa shape index (κ3) is 1.33. The highest BCUT2D eigenvalue weighted by Gasteiger charge is 2.28. The smallest absolute Gasteiger partial charge is 0.339 e. The van der Waals surface area contributed by atoms with Gasteiger partial charge in [-0.2, -0.15) is 5.06 Å². The van der Waals surface area contributed by atoms with Gasteiger partial charge in [-0.1, -0.05) is 24.3 Å². The molecule has 0 spiro atoms. The van der Waals surface area contributed by atoms with Gasteiger partial charge >= 0.3 is 6.03 Å². The highest BCUT2D eigenvalue weighted by Crippen LogP contribution is 2.34. The van der Waals surface area contributed by atoms with Crippen LogP contribution in [-0.2, 0) is 6.42 Å². The number of primary amides is 1. The molecule has 14 heavy (non-hydrogen) atoms. The maximum atomic E-state index is 10.8. The summed E-state index contributed by atoms with van der Waals surface area (Å²) in [5, 5.41) is 10.0. The van der Waals surface area contributed by atoms with E-state index in [-0.39, 0.29) is 6.04 Å². The van der Waals surface area contributed by atoms with Crippen molar-refractivity contribution in [3.8, 4) is 0 Å². The molecule has 1 aliphatic rings. The summed E-state index contributed by atoms with van der Waals surface area (Å²) in [6.45, 7) is 0. The number of nitrogens with zero attached hydrogens (tertiary/aromatic N) is 1. The van der Waals surface area contributed by atoms with E-state index in [2.05, 4.69) is 0 Å². The largest absolute Gasteiger partial charge is 0.350 e. The van der Waals surface area contributed by atoms with E-state index >= 15 is 0 Å². The molecular formula is C10H12N2O2. The fraction of sp³-hybridized carbons (Fsp3) is 0.300. The predicted octanol–water partition coefficient (Wildman–Crippen LogP) is 1.44. The Bertz CT molecular complexity index is 365. The summed E-state index contributed by atoms with van der Waals surface area (Å²) in [5.74, 6) is 0. The molecule has 74 valence electrons. The van der Waals surface area contributed by atoms with E-state index in [1.54, 1.807) is 0 Å². The number of carbonyl (C=O) groups excluding carboxylic acids is 1. The Morgan fingerprint density at radius 2 is 2.21 bits per heavy atom. The van der Waals surface area contributed by atoms with Crippen molar-refractivity contribution in [2.45, 2.75) is 18.9 Å². The lowest BCUT2D eigenvalue weighted by atomic mass is 10.1. The van der Waals surface area contributed by atoms with Gasteiger partial charge < -0.3 is 5.73 Å². The molecule has 1 aliphatic carbocycles. The van der Waals surface area contributed by atoms with E-state index in [1.807, 2.05) is 24.3 Å². The van der Waals surface area contributed by atoms with Gasteiger partial charge in [0.2, 0.25) is 0 Å². The predicted molar refractivity (Wildman–Crippen MR) is 50.7 cm³/mol. The Balaban J connectivity index is 2.30. The average Bonchev–Trinajstić information content (AvgIpc) is 2.60. The average molecular weight is 192 g/mol. The summed E-state index contributed by atoms with van der Waals surface area (Å²) in [7, 11) is 0. The van der Waals surface area contributed by atoms with Gasteiger partial charge in [-0.15, -0.1) is 0 Å². The number of carbonyl (C=O) groups is 1. The molecule has 3 N–H and O–H groups in total. The summed E-state index contributed by atoms with van der Waals surface area (Å²) in [5.41, 5.74) is 7.18. The molecule has 1 atom stereocenters. The number of amides is 2. The summed E-state index contributed by atoms with van der Waals surface area (Å²) in [6.07, 6.45) is 1.62. The van der Waals surface area contributed by atoms with Crippen LogP contribution < -0.4 is 5.73 Å². The van der Waals surface area contributed by atoms with Gasteiger partial charge in [0.25, 0.3) is 0 Å². The van der Waals surface area contributed by atoms with E-state index in [1.165, 1.54) is 5.56 Å². The lowest BCUT2D eigenvalue weighted by Gasteiger charge is -2.20. The van der Waals surface area contributed by atoms with Crippen LogP contribution in [0.2, 0.25) is 0 Å². The maximum absolute atomic E-state index is 10.8. The second-order valence-electron chi connectivity index (χ2n) is 3.44. The number of hydrogen-bond acceptors (Lipinski definition) is 2. The first-order valence-corrected chi connectivity index (χ1v) is 4.55. The van der Waals surface area contributed by atoms with Gasteiger partial charge in [0.15, 0.2) is 0 Å². The molecule has 0 saturated heterocycles. The number of fused-ring (bicyclic) bond motifs is 1. The van der Waals surface area contributed by atoms with Gasteiger partial charge in [-0.05, 0) is 24.0 Å². The zero-order valence-electron chi connectivity index (χ0n) is 7.68. The Morgan fingerprint density at radius 3 is 2.93 bits per heavy atom. The van der Waals surface area contributed by atoms with E-state index in [0.29, 0.717) is 5.06 Å². The minimum atomic E-state index is -0.799. The first-order valence-electron chi connectivity index (χ1n) is 4.55. The molecular weight excluding hydrogens is 180 g/mol. The number of benzene rings is 1. The van der Waals surface area contributed by atoms with Crippen LogP contribution in [0, 0.1) is 0 Å². The molecule has 4 heteroatoms. The second-order valence-corrected chi connectivity index (χ2v) is 3.44. The zero-order valence-corrected chi connectivity index (χ0v) is 7.68. The SMILES string of the molecule is NC(=O)N(O)C1CCc2ccccc21. The summed E-state index contributed by atoms with van der Waals surface area (Å²) in [4.78, 5) is 10.8. The van der Waals surface area contributed by atoms with Crippen molar-refractivity contribution in [3.63, 3.8) is 0 Å². The van der Waals surface area contributed by atoms with Crippen LogP contribution in [0.25, 0.3) is 0 Å². The molecule has 0 bridgehead atoms. The Kier molecular flexibility index (Phi) is 2.13. The molecule has 2 amide bonds. The van der Waals surface area contributed by atoms with E-state index in [9.17, 15) is 10.0 Å². The second kappa shape index (κ2) is 3.31.